The Hall–Kier alpha value is -2.89. The highest BCUT2D eigenvalue weighted by molar-refractivity contribution is 5.92. The molecule has 3 atom stereocenters. The summed E-state index contributed by atoms with van der Waals surface area (Å²) in [7, 11) is 0. The van der Waals surface area contributed by atoms with Gasteiger partial charge in [0.05, 0.1) is 6.04 Å². The number of carboxylic acids is 1. The molecule has 0 saturated carbocycles. The molecule has 1 aliphatic heterocycles. The van der Waals surface area contributed by atoms with E-state index in [4.69, 9.17) is 22.6 Å². The summed E-state index contributed by atoms with van der Waals surface area (Å²) in [6, 6.07) is -2.87. The van der Waals surface area contributed by atoms with Gasteiger partial charge in [-0.1, -0.05) is 0 Å². The van der Waals surface area contributed by atoms with Crippen LogP contribution in [0.5, 0.6) is 0 Å². The van der Waals surface area contributed by atoms with Crippen molar-refractivity contribution in [1.82, 2.24) is 15.5 Å². The number of nitrogens with one attached hydrogen (secondary N) is 3. The standard InChI is InChI=1S/C16H29N7O5/c17-9(5-6-12(18)24)14(26)23-8-2-4-11(23)13(25)22-10(15(27)28)3-1-7-21-16(19)20/h9-11H,1-8,17H2,(H2,18,24)(H,22,25)(H,27,28)(H4,19,20,21)/t9-,10-,11-/m0/s1. The van der Waals surface area contributed by atoms with Gasteiger partial charge in [0.25, 0.3) is 0 Å². The van der Waals surface area contributed by atoms with Gasteiger partial charge in [0.1, 0.15) is 12.1 Å². The third kappa shape index (κ3) is 7.39. The van der Waals surface area contributed by atoms with Crippen LogP contribution in [0.1, 0.15) is 38.5 Å². The van der Waals surface area contributed by atoms with Crippen LogP contribution in [-0.4, -0.2) is 70.9 Å². The summed E-state index contributed by atoms with van der Waals surface area (Å²) in [5.41, 5.74) is 16.0. The molecule has 0 aromatic rings. The molecule has 0 unspecified atom stereocenters. The number of likely N-dealkylation sites (tertiary alicyclic amines) is 1. The van der Waals surface area contributed by atoms with Gasteiger partial charge < -0.3 is 37.8 Å². The zero-order valence-electron chi connectivity index (χ0n) is 15.6. The molecule has 0 bridgehead atoms. The number of primary amides is 1. The largest absolute Gasteiger partial charge is 0.480 e. The quantitative estimate of drug-likeness (QED) is 0.111. The maximum atomic E-state index is 12.6. The Morgan fingerprint density at radius 1 is 1.21 bits per heavy atom. The first-order chi connectivity index (χ1) is 13.1. The fraction of sp³-hybridized carbons (Fsp3) is 0.688. The summed E-state index contributed by atoms with van der Waals surface area (Å²) in [6.45, 7) is 0.638. The fourth-order valence-electron chi connectivity index (χ4n) is 2.99. The summed E-state index contributed by atoms with van der Waals surface area (Å²) >= 11 is 0. The van der Waals surface area contributed by atoms with E-state index in [1.54, 1.807) is 0 Å². The molecule has 0 aliphatic carbocycles. The second-order valence-corrected chi connectivity index (χ2v) is 6.68. The van der Waals surface area contributed by atoms with Crippen LogP contribution in [0.3, 0.4) is 0 Å². The number of hydrogen-bond acceptors (Lipinski definition) is 6. The van der Waals surface area contributed by atoms with E-state index >= 15 is 0 Å². The molecule has 0 radical (unpaired) electrons. The number of nitrogens with two attached hydrogens (primary N) is 3. The van der Waals surface area contributed by atoms with Gasteiger partial charge in [-0.15, -0.1) is 0 Å². The zero-order chi connectivity index (χ0) is 21.3. The fourth-order valence-corrected chi connectivity index (χ4v) is 2.99. The topological polar surface area (TPSA) is 218 Å². The van der Waals surface area contributed by atoms with Crippen molar-refractivity contribution in [2.75, 3.05) is 13.1 Å². The lowest BCUT2D eigenvalue weighted by Crippen LogP contribution is -2.54. The Labute approximate surface area is 162 Å². The first kappa shape index (κ1) is 23.1. The van der Waals surface area contributed by atoms with Gasteiger partial charge in [0, 0.05) is 19.5 Å². The van der Waals surface area contributed by atoms with Crippen LogP contribution in [-0.2, 0) is 19.2 Å². The lowest BCUT2D eigenvalue weighted by Gasteiger charge is -2.27. The predicted octanol–water partition coefficient (Wildman–Crippen LogP) is -2.60. The molecule has 28 heavy (non-hydrogen) atoms. The van der Waals surface area contributed by atoms with Gasteiger partial charge in [0.15, 0.2) is 5.96 Å². The van der Waals surface area contributed by atoms with E-state index in [9.17, 15) is 24.3 Å². The number of amides is 3. The van der Waals surface area contributed by atoms with Crippen molar-refractivity contribution >= 4 is 29.7 Å². The van der Waals surface area contributed by atoms with Crippen LogP contribution in [0.25, 0.3) is 0 Å². The lowest BCUT2D eigenvalue weighted by atomic mass is 10.1. The minimum Gasteiger partial charge on any atom is -0.480 e. The normalized spacial score (nSPS) is 18.2. The summed E-state index contributed by atoms with van der Waals surface area (Å²) in [5.74, 6) is -2.99. The van der Waals surface area contributed by atoms with Gasteiger partial charge in [-0.2, -0.15) is 0 Å². The van der Waals surface area contributed by atoms with E-state index < -0.39 is 41.8 Å². The highest BCUT2D eigenvalue weighted by Crippen LogP contribution is 2.19. The Bertz CT molecular complexity index is 612. The average Bonchev–Trinajstić information content (AvgIpc) is 3.10. The number of carbonyl (C=O) groups is 4. The van der Waals surface area contributed by atoms with Gasteiger partial charge in [-0.05, 0) is 32.1 Å². The zero-order valence-corrected chi connectivity index (χ0v) is 15.6. The van der Waals surface area contributed by atoms with Crippen molar-refractivity contribution < 1.29 is 24.3 Å². The molecule has 10 N–H and O–H groups in total. The molecule has 12 nitrogen and oxygen atoms in total. The van der Waals surface area contributed by atoms with E-state index in [1.165, 1.54) is 4.90 Å². The van der Waals surface area contributed by atoms with Crippen LogP contribution in [0.2, 0.25) is 0 Å². The van der Waals surface area contributed by atoms with Crippen LogP contribution < -0.4 is 27.8 Å². The lowest BCUT2D eigenvalue weighted by molar-refractivity contribution is -0.144. The number of guanidine groups is 1. The second-order valence-electron chi connectivity index (χ2n) is 6.68. The minimum absolute atomic E-state index is 0.0347. The molecular formula is C16H29N7O5. The molecule has 158 valence electrons. The molecular weight excluding hydrogens is 370 g/mol. The number of carbonyl (C=O) groups excluding carboxylic acids is 3. The predicted molar refractivity (Wildman–Crippen MR) is 99.9 cm³/mol. The highest BCUT2D eigenvalue weighted by Gasteiger charge is 2.37. The smallest absolute Gasteiger partial charge is 0.326 e. The van der Waals surface area contributed by atoms with Gasteiger partial charge in [-0.3, -0.25) is 19.8 Å². The Morgan fingerprint density at radius 2 is 1.89 bits per heavy atom. The molecule has 1 rings (SSSR count). The van der Waals surface area contributed by atoms with Crippen molar-refractivity contribution in [3.63, 3.8) is 0 Å². The molecule has 12 heteroatoms. The number of aliphatic carboxylic acids is 1. The summed E-state index contributed by atoms with van der Waals surface area (Å²) in [5, 5.41) is 21.4. The Morgan fingerprint density at radius 3 is 2.46 bits per heavy atom. The van der Waals surface area contributed by atoms with E-state index in [2.05, 4.69) is 10.6 Å². The maximum absolute atomic E-state index is 12.6. The molecule has 1 aliphatic rings. The highest BCUT2D eigenvalue weighted by atomic mass is 16.4. The summed E-state index contributed by atoms with van der Waals surface area (Å²) in [4.78, 5) is 48.6. The molecule has 1 saturated heterocycles. The number of hydrogen-bond donors (Lipinski definition) is 7. The van der Waals surface area contributed by atoms with E-state index in [1.807, 2.05) is 0 Å². The first-order valence-electron chi connectivity index (χ1n) is 9.09. The molecule has 3 amide bonds. The van der Waals surface area contributed by atoms with Crippen LogP contribution in [0.15, 0.2) is 0 Å². The molecule has 0 aromatic heterocycles. The van der Waals surface area contributed by atoms with Crippen molar-refractivity contribution in [2.45, 2.75) is 56.7 Å². The Balaban J connectivity index is 2.63. The van der Waals surface area contributed by atoms with Crippen molar-refractivity contribution in [3.05, 3.63) is 0 Å². The van der Waals surface area contributed by atoms with Gasteiger partial charge in [0.2, 0.25) is 17.7 Å². The van der Waals surface area contributed by atoms with Gasteiger partial charge >= 0.3 is 5.97 Å². The SMILES string of the molecule is N=C(N)NCCC[C@H](NC(=O)[C@@H]1CCCN1C(=O)[C@@H](N)CCC(N)=O)C(=O)O. The van der Waals surface area contributed by atoms with Crippen molar-refractivity contribution in [3.8, 4) is 0 Å². The van der Waals surface area contributed by atoms with Crippen LogP contribution in [0.4, 0.5) is 0 Å². The number of rotatable bonds is 11. The van der Waals surface area contributed by atoms with E-state index in [0.717, 1.165) is 0 Å². The second kappa shape index (κ2) is 11.1. The van der Waals surface area contributed by atoms with Crippen LogP contribution in [0, 0.1) is 5.41 Å². The maximum Gasteiger partial charge on any atom is 0.326 e. The Kier molecular flexibility index (Phi) is 9.15. The van der Waals surface area contributed by atoms with Crippen LogP contribution >= 0.6 is 0 Å². The molecule has 0 spiro atoms. The molecule has 0 aromatic carbocycles. The van der Waals surface area contributed by atoms with E-state index in [-0.39, 0.29) is 25.2 Å². The third-order valence-corrected chi connectivity index (χ3v) is 4.46. The average molecular weight is 399 g/mol. The monoisotopic (exact) mass is 399 g/mol. The third-order valence-electron chi connectivity index (χ3n) is 4.46. The molecule has 1 fully saturated rings. The number of carboxylic acid groups (broad SMARTS) is 1. The summed E-state index contributed by atoms with van der Waals surface area (Å²) in [6.07, 6.45) is 1.56. The minimum atomic E-state index is -1.19. The molecule has 1 heterocycles. The number of nitrogens with zero attached hydrogens (tertiary/aromatic N) is 1. The van der Waals surface area contributed by atoms with Crippen molar-refractivity contribution in [2.24, 2.45) is 17.2 Å². The van der Waals surface area contributed by atoms with Crippen molar-refractivity contribution in [1.29, 1.82) is 5.41 Å². The van der Waals surface area contributed by atoms with Gasteiger partial charge in [-0.25, -0.2) is 4.79 Å². The first-order valence-corrected chi connectivity index (χ1v) is 9.09. The van der Waals surface area contributed by atoms with E-state index in [0.29, 0.717) is 32.4 Å². The summed E-state index contributed by atoms with van der Waals surface area (Å²) < 4.78 is 0.